The molecule has 2 rings (SSSR count). The van der Waals surface area contributed by atoms with Crippen molar-refractivity contribution < 1.29 is 9.21 Å². The van der Waals surface area contributed by atoms with Gasteiger partial charge in [0, 0.05) is 12.6 Å². The summed E-state index contributed by atoms with van der Waals surface area (Å²) >= 11 is 0. The van der Waals surface area contributed by atoms with Crippen molar-refractivity contribution in [3.8, 4) is 11.5 Å². The monoisotopic (exact) mass is 262 g/mol. The molecule has 19 heavy (non-hydrogen) atoms. The molecule has 0 saturated heterocycles. The van der Waals surface area contributed by atoms with E-state index in [0.29, 0.717) is 23.7 Å². The molecule has 0 saturated carbocycles. The number of hydrogen-bond acceptors (Lipinski definition) is 4. The maximum absolute atomic E-state index is 11.8. The largest absolute Gasteiger partial charge is 0.463 e. The van der Waals surface area contributed by atoms with Gasteiger partial charge in [0.2, 0.25) is 0 Å². The van der Waals surface area contributed by atoms with E-state index in [1.165, 1.54) is 0 Å². The third-order valence-electron chi connectivity index (χ3n) is 2.66. The van der Waals surface area contributed by atoms with E-state index in [4.69, 9.17) is 4.42 Å². The summed E-state index contributed by atoms with van der Waals surface area (Å²) in [7, 11) is 4.01. The second-order valence-corrected chi connectivity index (χ2v) is 4.56. The molecular formula is C13H18N4O2. The standard InChI is InChI=1S/C13H18N4O2/c1-17(2)7-4-6-14-13(18)11-9-10(15-16-11)12-5-3-8-19-12/h3,5,8-9H,4,6-7H2,1-2H3,(H,14,18)(H,15,16). The highest BCUT2D eigenvalue weighted by Crippen LogP contribution is 2.17. The van der Waals surface area contributed by atoms with Gasteiger partial charge in [-0.3, -0.25) is 9.89 Å². The van der Waals surface area contributed by atoms with Crippen LogP contribution in [0.25, 0.3) is 11.5 Å². The van der Waals surface area contributed by atoms with Gasteiger partial charge in [0.15, 0.2) is 11.5 Å². The molecule has 2 N–H and O–H groups in total. The van der Waals surface area contributed by atoms with Crippen LogP contribution in [-0.2, 0) is 0 Å². The number of carbonyl (C=O) groups is 1. The number of hydrogen-bond donors (Lipinski definition) is 2. The second-order valence-electron chi connectivity index (χ2n) is 4.56. The number of carbonyl (C=O) groups excluding carboxylic acids is 1. The van der Waals surface area contributed by atoms with Gasteiger partial charge in [0.25, 0.3) is 5.91 Å². The second kappa shape index (κ2) is 6.19. The number of aromatic nitrogens is 2. The first-order chi connectivity index (χ1) is 9.16. The van der Waals surface area contributed by atoms with Crippen molar-refractivity contribution in [2.45, 2.75) is 6.42 Å². The van der Waals surface area contributed by atoms with Crippen molar-refractivity contribution in [2.75, 3.05) is 27.2 Å². The fraction of sp³-hybridized carbons (Fsp3) is 0.385. The normalized spacial score (nSPS) is 10.9. The molecule has 6 nitrogen and oxygen atoms in total. The lowest BCUT2D eigenvalue weighted by Crippen LogP contribution is -2.27. The van der Waals surface area contributed by atoms with E-state index in [1.54, 1.807) is 18.4 Å². The fourth-order valence-electron chi connectivity index (χ4n) is 1.68. The van der Waals surface area contributed by atoms with Crippen molar-refractivity contribution in [1.29, 1.82) is 0 Å². The van der Waals surface area contributed by atoms with Crippen molar-refractivity contribution in [1.82, 2.24) is 20.4 Å². The Balaban J connectivity index is 1.86. The van der Waals surface area contributed by atoms with Crippen LogP contribution < -0.4 is 5.32 Å². The summed E-state index contributed by atoms with van der Waals surface area (Å²) < 4.78 is 5.23. The summed E-state index contributed by atoms with van der Waals surface area (Å²) in [6, 6.07) is 5.28. The zero-order valence-corrected chi connectivity index (χ0v) is 11.1. The van der Waals surface area contributed by atoms with Crippen LogP contribution in [0, 0.1) is 0 Å². The van der Waals surface area contributed by atoms with Crippen LogP contribution in [0.2, 0.25) is 0 Å². The van der Waals surface area contributed by atoms with Crippen molar-refractivity contribution in [2.24, 2.45) is 0 Å². The Hall–Kier alpha value is -2.08. The first kappa shape index (κ1) is 13.4. The predicted octanol–water partition coefficient (Wildman–Crippen LogP) is 1.35. The minimum atomic E-state index is -0.173. The average molecular weight is 262 g/mol. The SMILES string of the molecule is CN(C)CCCNC(=O)c1cc(-c2ccco2)[nH]n1. The summed E-state index contributed by atoms with van der Waals surface area (Å²) in [4.78, 5) is 13.9. The smallest absolute Gasteiger partial charge is 0.271 e. The van der Waals surface area contributed by atoms with Crippen LogP contribution in [-0.4, -0.2) is 48.2 Å². The number of nitrogens with zero attached hydrogens (tertiary/aromatic N) is 2. The Labute approximate surface area is 111 Å². The van der Waals surface area contributed by atoms with Gasteiger partial charge in [-0.1, -0.05) is 0 Å². The van der Waals surface area contributed by atoms with Crippen molar-refractivity contribution >= 4 is 5.91 Å². The molecule has 1 amide bonds. The highest BCUT2D eigenvalue weighted by molar-refractivity contribution is 5.93. The molecule has 2 heterocycles. The molecule has 2 aromatic rings. The highest BCUT2D eigenvalue weighted by atomic mass is 16.3. The summed E-state index contributed by atoms with van der Waals surface area (Å²) in [5.41, 5.74) is 1.07. The van der Waals surface area contributed by atoms with E-state index in [9.17, 15) is 4.79 Å². The summed E-state index contributed by atoms with van der Waals surface area (Å²) in [5, 5.41) is 9.60. The zero-order chi connectivity index (χ0) is 13.7. The molecule has 0 fully saturated rings. The van der Waals surface area contributed by atoms with Gasteiger partial charge in [-0.05, 0) is 39.2 Å². The minimum absolute atomic E-state index is 0.173. The quantitative estimate of drug-likeness (QED) is 0.771. The van der Waals surface area contributed by atoms with Crippen molar-refractivity contribution in [3.05, 3.63) is 30.2 Å². The molecule has 6 heteroatoms. The Kier molecular flexibility index (Phi) is 4.35. The lowest BCUT2D eigenvalue weighted by atomic mass is 10.3. The van der Waals surface area contributed by atoms with Gasteiger partial charge in [-0.25, -0.2) is 0 Å². The lowest BCUT2D eigenvalue weighted by molar-refractivity contribution is 0.0947. The molecule has 0 aliphatic carbocycles. The average Bonchev–Trinajstić information content (AvgIpc) is 3.03. The Bertz CT molecular complexity index is 516. The van der Waals surface area contributed by atoms with Gasteiger partial charge in [0.05, 0.1) is 6.26 Å². The summed E-state index contributed by atoms with van der Waals surface area (Å²) in [6.45, 7) is 1.58. The molecule has 2 aromatic heterocycles. The van der Waals surface area contributed by atoms with E-state index < -0.39 is 0 Å². The molecule has 0 atom stereocenters. The van der Waals surface area contributed by atoms with E-state index in [2.05, 4.69) is 20.4 Å². The van der Waals surface area contributed by atoms with Gasteiger partial charge >= 0.3 is 0 Å². The first-order valence-electron chi connectivity index (χ1n) is 6.19. The molecule has 0 aromatic carbocycles. The first-order valence-corrected chi connectivity index (χ1v) is 6.19. The molecule has 0 radical (unpaired) electrons. The predicted molar refractivity (Wildman–Crippen MR) is 71.8 cm³/mol. The van der Waals surface area contributed by atoms with E-state index >= 15 is 0 Å². The van der Waals surface area contributed by atoms with Gasteiger partial charge in [-0.2, -0.15) is 5.10 Å². The number of H-pyrrole nitrogens is 1. The highest BCUT2D eigenvalue weighted by Gasteiger charge is 2.11. The lowest BCUT2D eigenvalue weighted by Gasteiger charge is -2.08. The van der Waals surface area contributed by atoms with Crippen molar-refractivity contribution in [3.63, 3.8) is 0 Å². The molecule has 0 spiro atoms. The van der Waals surface area contributed by atoms with Crippen LogP contribution in [0.4, 0.5) is 0 Å². The molecule has 0 unspecified atom stereocenters. The number of nitrogens with one attached hydrogen (secondary N) is 2. The molecule has 0 bridgehead atoms. The molecule has 0 aliphatic rings. The topological polar surface area (TPSA) is 74.2 Å². The molecule has 0 aliphatic heterocycles. The maximum Gasteiger partial charge on any atom is 0.271 e. The van der Waals surface area contributed by atoms with Crippen LogP contribution in [0.5, 0.6) is 0 Å². The van der Waals surface area contributed by atoms with E-state index in [0.717, 1.165) is 13.0 Å². The fourth-order valence-corrected chi connectivity index (χ4v) is 1.68. The Morgan fingerprint density at radius 3 is 3.05 bits per heavy atom. The molecular weight excluding hydrogens is 244 g/mol. The Morgan fingerprint density at radius 2 is 2.37 bits per heavy atom. The molecule has 102 valence electrons. The number of furan rings is 1. The summed E-state index contributed by atoms with van der Waals surface area (Å²) in [6.07, 6.45) is 2.49. The van der Waals surface area contributed by atoms with Crippen LogP contribution >= 0.6 is 0 Å². The van der Waals surface area contributed by atoms with E-state index in [-0.39, 0.29) is 5.91 Å². The summed E-state index contributed by atoms with van der Waals surface area (Å²) in [5.74, 6) is 0.493. The van der Waals surface area contributed by atoms with Gasteiger partial charge in [-0.15, -0.1) is 0 Å². The van der Waals surface area contributed by atoms with Crippen LogP contribution in [0.3, 0.4) is 0 Å². The number of aromatic amines is 1. The van der Waals surface area contributed by atoms with Crippen LogP contribution in [0.1, 0.15) is 16.9 Å². The van der Waals surface area contributed by atoms with Gasteiger partial charge in [0.1, 0.15) is 5.69 Å². The number of amides is 1. The zero-order valence-electron chi connectivity index (χ0n) is 11.1. The van der Waals surface area contributed by atoms with Gasteiger partial charge < -0.3 is 14.6 Å². The Morgan fingerprint density at radius 1 is 1.53 bits per heavy atom. The maximum atomic E-state index is 11.8. The number of rotatable bonds is 6. The third kappa shape index (κ3) is 3.69. The van der Waals surface area contributed by atoms with Crippen LogP contribution in [0.15, 0.2) is 28.9 Å². The van der Waals surface area contributed by atoms with E-state index in [1.807, 2.05) is 20.2 Å². The third-order valence-corrected chi connectivity index (χ3v) is 2.66. The minimum Gasteiger partial charge on any atom is -0.463 e.